The molecule has 98 valence electrons. The van der Waals surface area contributed by atoms with E-state index in [4.69, 9.17) is 9.84 Å². The lowest BCUT2D eigenvalue weighted by molar-refractivity contribution is -0.136. The highest BCUT2D eigenvalue weighted by atomic mass is 16.5. The molecule has 0 saturated carbocycles. The Kier molecular flexibility index (Phi) is 4.18. The standard InChI is InChI=1S/C16H16O3/c1-19-16-13(7-3-5-9-15(17)18)11-10-12-6-2-4-8-14(12)16/h2-4,6-8,10-11H,5,9H2,1H3,(H,17,18). The normalized spacial score (nSPS) is 11.0. The van der Waals surface area contributed by atoms with Crippen LogP contribution in [0, 0.1) is 0 Å². The van der Waals surface area contributed by atoms with E-state index in [0.717, 1.165) is 22.1 Å². The number of benzene rings is 2. The molecule has 0 spiro atoms. The Morgan fingerprint density at radius 3 is 2.79 bits per heavy atom. The first-order chi connectivity index (χ1) is 9.22. The third kappa shape index (κ3) is 3.13. The summed E-state index contributed by atoms with van der Waals surface area (Å²) in [7, 11) is 1.65. The van der Waals surface area contributed by atoms with Gasteiger partial charge in [0.15, 0.2) is 0 Å². The molecule has 3 heteroatoms. The summed E-state index contributed by atoms with van der Waals surface area (Å²) in [6.45, 7) is 0. The van der Waals surface area contributed by atoms with Gasteiger partial charge in [0.05, 0.1) is 7.11 Å². The van der Waals surface area contributed by atoms with Crippen molar-refractivity contribution < 1.29 is 14.6 Å². The Morgan fingerprint density at radius 2 is 2.05 bits per heavy atom. The summed E-state index contributed by atoms with van der Waals surface area (Å²) in [5, 5.41) is 10.8. The zero-order chi connectivity index (χ0) is 13.7. The first-order valence-corrected chi connectivity index (χ1v) is 6.16. The molecule has 3 nitrogen and oxygen atoms in total. The van der Waals surface area contributed by atoms with Gasteiger partial charge >= 0.3 is 5.97 Å². The van der Waals surface area contributed by atoms with E-state index in [2.05, 4.69) is 0 Å². The highest BCUT2D eigenvalue weighted by Crippen LogP contribution is 2.30. The number of carboxylic acid groups (broad SMARTS) is 1. The molecule has 0 aliphatic heterocycles. The van der Waals surface area contributed by atoms with Gasteiger partial charge in [-0.25, -0.2) is 0 Å². The number of methoxy groups -OCH3 is 1. The summed E-state index contributed by atoms with van der Waals surface area (Å²) in [5.74, 6) is 0.0415. The number of hydrogen-bond donors (Lipinski definition) is 1. The van der Waals surface area contributed by atoms with Crippen LogP contribution in [0.15, 0.2) is 42.5 Å². The molecule has 0 atom stereocenters. The average molecular weight is 256 g/mol. The Morgan fingerprint density at radius 1 is 1.26 bits per heavy atom. The fourth-order valence-electron chi connectivity index (χ4n) is 2.04. The first kappa shape index (κ1) is 13.1. The number of hydrogen-bond acceptors (Lipinski definition) is 2. The van der Waals surface area contributed by atoms with Crippen molar-refractivity contribution in [3.8, 4) is 5.75 Å². The molecule has 0 aliphatic rings. The SMILES string of the molecule is COc1c(C=CCCC(=O)O)ccc2ccccc12. The van der Waals surface area contributed by atoms with Crippen LogP contribution in [-0.4, -0.2) is 18.2 Å². The summed E-state index contributed by atoms with van der Waals surface area (Å²) < 4.78 is 5.47. The minimum atomic E-state index is -0.782. The molecule has 0 aliphatic carbocycles. The highest BCUT2D eigenvalue weighted by Gasteiger charge is 2.05. The van der Waals surface area contributed by atoms with Gasteiger partial charge in [0, 0.05) is 17.4 Å². The number of rotatable bonds is 5. The summed E-state index contributed by atoms with van der Waals surface area (Å²) in [4.78, 5) is 10.4. The van der Waals surface area contributed by atoms with Gasteiger partial charge in [-0.1, -0.05) is 48.6 Å². The van der Waals surface area contributed by atoms with E-state index in [1.54, 1.807) is 7.11 Å². The van der Waals surface area contributed by atoms with E-state index in [0.29, 0.717) is 6.42 Å². The first-order valence-electron chi connectivity index (χ1n) is 6.16. The molecule has 2 rings (SSSR count). The van der Waals surface area contributed by atoms with Crippen LogP contribution in [0.4, 0.5) is 0 Å². The van der Waals surface area contributed by atoms with Crippen LogP contribution in [-0.2, 0) is 4.79 Å². The predicted molar refractivity (Wildman–Crippen MR) is 76.4 cm³/mol. The molecule has 0 radical (unpaired) electrons. The number of carboxylic acids is 1. The van der Waals surface area contributed by atoms with Gasteiger partial charge in [-0.15, -0.1) is 0 Å². The predicted octanol–water partition coefficient (Wildman–Crippen LogP) is 3.73. The quantitative estimate of drug-likeness (QED) is 0.886. The Labute approximate surface area is 112 Å². The van der Waals surface area contributed by atoms with E-state index in [1.807, 2.05) is 48.6 Å². The molecule has 19 heavy (non-hydrogen) atoms. The second-order valence-corrected chi connectivity index (χ2v) is 4.24. The van der Waals surface area contributed by atoms with E-state index in [1.165, 1.54) is 0 Å². The summed E-state index contributed by atoms with van der Waals surface area (Å²) in [6.07, 6.45) is 4.44. The van der Waals surface area contributed by atoms with Crippen LogP contribution < -0.4 is 4.74 Å². The van der Waals surface area contributed by atoms with E-state index < -0.39 is 5.97 Å². The van der Waals surface area contributed by atoms with Crippen molar-refractivity contribution in [2.75, 3.05) is 7.11 Å². The molecular formula is C16H16O3. The summed E-state index contributed by atoms with van der Waals surface area (Å²) in [6, 6.07) is 12.0. The number of aliphatic carboxylic acids is 1. The van der Waals surface area contributed by atoms with Crippen LogP contribution in [0.25, 0.3) is 16.8 Å². The topological polar surface area (TPSA) is 46.5 Å². The van der Waals surface area contributed by atoms with Crippen LogP contribution in [0.1, 0.15) is 18.4 Å². The zero-order valence-electron chi connectivity index (χ0n) is 10.8. The molecule has 1 N–H and O–H groups in total. The maximum absolute atomic E-state index is 10.4. The molecule has 0 amide bonds. The van der Waals surface area contributed by atoms with Gasteiger partial charge in [-0.2, -0.15) is 0 Å². The lowest BCUT2D eigenvalue weighted by Crippen LogP contribution is -1.92. The van der Waals surface area contributed by atoms with Crippen LogP contribution in [0.2, 0.25) is 0 Å². The molecule has 0 fully saturated rings. The van der Waals surface area contributed by atoms with Crippen molar-refractivity contribution in [3.05, 3.63) is 48.0 Å². The molecule has 2 aromatic rings. The van der Waals surface area contributed by atoms with Gasteiger partial charge in [-0.3, -0.25) is 4.79 Å². The number of fused-ring (bicyclic) bond motifs is 1. The maximum Gasteiger partial charge on any atom is 0.303 e. The lowest BCUT2D eigenvalue weighted by Gasteiger charge is -2.09. The highest BCUT2D eigenvalue weighted by molar-refractivity contribution is 5.91. The number of ether oxygens (including phenoxy) is 1. The van der Waals surface area contributed by atoms with Crippen LogP contribution in [0.3, 0.4) is 0 Å². The summed E-state index contributed by atoms with van der Waals surface area (Å²) >= 11 is 0. The maximum atomic E-state index is 10.4. The Bertz CT molecular complexity index is 614. The molecule has 0 aromatic heterocycles. The summed E-state index contributed by atoms with van der Waals surface area (Å²) in [5.41, 5.74) is 0.964. The fourth-order valence-corrected chi connectivity index (χ4v) is 2.04. The zero-order valence-corrected chi connectivity index (χ0v) is 10.8. The molecule has 0 bridgehead atoms. The van der Waals surface area contributed by atoms with E-state index >= 15 is 0 Å². The van der Waals surface area contributed by atoms with Gasteiger partial charge in [0.1, 0.15) is 5.75 Å². The van der Waals surface area contributed by atoms with Crippen molar-refractivity contribution in [1.82, 2.24) is 0 Å². The van der Waals surface area contributed by atoms with Crippen LogP contribution in [0.5, 0.6) is 5.75 Å². The molecule has 2 aromatic carbocycles. The van der Waals surface area contributed by atoms with E-state index in [9.17, 15) is 4.79 Å². The van der Waals surface area contributed by atoms with Gasteiger partial charge < -0.3 is 9.84 Å². The minimum absolute atomic E-state index is 0.145. The Hall–Kier alpha value is -2.29. The monoisotopic (exact) mass is 256 g/mol. The number of carbonyl (C=O) groups is 1. The molecular weight excluding hydrogens is 240 g/mol. The third-order valence-electron chi connectivity index (χ3n) is 2.94. The van der Waals surface area contributed by atoms with Crippen molar-refractivity contribution in [3.63, 3.8) is 0 Å². The van der Waals surface area contributed by atoms with Crippen molar-refractivity contribution in [2.45, 2.75) is 12.8 Å². The van der Waals surface area contributed by atoms with Gasteiger partial charge in [0.2, 0.25) is 0 Å². The largest absolute Gasteiger partial charge is 0.495 e. The lowest BCUT2D eigenvalue weighted by atomic mass is 10.0. The average Bonchev–Trinajstić information content (AvgIpc) is 2.42. The third-order valence-corrected chi connectivity index (χ3v) is 2.94. The van der Waals surface area contributed by atoms with Gasteiger partial charge in [-0.05, 0) is 11.8 Å². The molecule has 0 saturated heterocycles. The Balaban J connectivity index is 2.30. The minimum Gasteiger partial charge on any atom is -0.495 e. The number of allylic oxidation sites excluding steroid dienone is 1. The second-order valence-electron chi connectivity index (χ2n) is 4.24. The molecule has 0 heterocycles. The van der Waals surface area contributed by atoms with Crippen molar-refractivity contribution in [1.29, 1.82) is 0 Å². The van der Waals surface area contributed by atoms with Crippen molar-refractivity contribution in [2.24, 2.45) is 0 Å². The molecule has 0 unspecified atom stereocenters. The second kappa shape index (κ2) is 6.05. The van der Waals surface area contributed by atoms with Crippen molar-refractivity contribution >= 4 is 22.8 Å². The smallest absolute Gasteiger partial charge is 0.303 e. The van der Waals surface area contributed by atoms with Crippen LogP contribution >= 0.6 is 0 Å². The fraction of sp³-hybridized carbons (Fsp3) is 0.188. The van der Waals surface area contributed by atoms with E-state index in [-0.39, 0.29) is 6.42 Å². The van der Waals surface area contributed by atoms with Gasteiger partial charge in [0.25, 0.3) is 0 Å².